The van der Waals surface area contributed by atoms with Gasteiger partial charge in [-0.15, -0.1) is 0 Å². The minimum absolute atomic E-state index is 0.735. The Hall–Kier alpha value is -1.26. The molecule has 0 spiro atoms. The number of hydrogen-bond acceptors (Lipinski definition) is 4. The lowest BCUT2D eigenvalue weighted by molar-refractivity contribution is 0.132. The van der Waals surface area contributed by atoms with Crippen LogP contribution in [-0.2, 0) is 11.3 Å². The maximum absolute atomic E-state index is 5.69. The first kappa shape index (κ1) is 15.1. The van der Waals surface area contributed by atoms with Crippen LogP contribution < -0.4 is 14.8 Å². The van der Waals surface area contributed by atoms with Gasteiger partial charge in [0.25, 0.3) is 0 Å². The van der Waals surface area contributed by atoms with E-state index < -0.39 is 0 Å². The summed E-state index contributed by atoms with van der Waals surface area (Å²) in [5.41, 5.74) is 1.23. The van der Waals surface area contributed by atoms with Gasteiger partial charge >= 0.3 is 0 Å². The molecule has 1 aromatic carbocycles. The zero-order valence-electron chi connectivity index (χ0n) is 12.3. The molecular weight excluding hydrogens is 254 g/mol. The molecule has 1 N–H and O–H groups in total. The van der Waals surface area contributed by atoms with Gasteiger partial charge in [0.15, 0.2) is 11.5 Å². The highest BCUT2D eigenvalue weighted by molar-refractivity contribution is 5.43. The SMILES string of the molecule is CCCOCCCNCc1ccc2c(c1)OCCCO2. The van der Waals surface area contributed by atoms with Crippen molar-refractivity contribution >= 4 is 0 Å². The molecule has 4 nitrogen and oxygen atoms in total. The Kier molecular flexibility index (Phi) is 6.68. The van der Waals surface area contributed by atoms with Crippen LogP contribution >= 0.6 is 0 Å². The summed E-state index contributed by atoms with van der Waals surface area (Å²) in [7, 11) is 0. The Labute approximate surface area is 121 Å². The molecule has 112 valence electrons. The van der Waals surface area contributed by atoms with E-state index in [2.05, 4.69) is 24.4 Å². The molecule has 4 heteroatoms. The van der Waals surface area contributed by atoms with Gasteiger partial charge in [-0.1, -0.05) is 13.0 Å². The van der Waals surface area contributed by atoms with Crippen molar-refractivity contribution < 1.29 is 14.2 Å². The van der Waals surface area contributed by atoms with E-state index in [1.807, 2.05) is 6.07 Å². The maximum atomic E-state index is 5.69. The average Bonchev–Trinajstić information content (AvgIpc) is 2.71. The lowest BCUT2D eigenvalue weighted by Crippen LogP contribution is -2.16. The quantitative estimate of drug-likeness (QED) is 0.743. The second-order valence-corrected chi connectivity index (χ2v) is 4.97. The highest BCUT2D eigenvalue weighted by Gasteiger charge is 2.10. The predicted molar refractivity (Wildman–Crippen MR) is 79.5 cm³/mol. The fourth-order valence-electron chi connectivity index (χ4n) is 2.10. The van der Waals surface area contributed by atoms with Crippen LogP contribution in [-0.4, -0.2) is 33.0 Å². The molecular formula is C16H25NO3. The molecule has 0 atom stereocenters. The van der Waals surface area contributed by atoms with Gasteiger partial charge in [0, 0.05) is 26.2 Å². The van der Waals surface area contributed by atoms with Crippen LogP contribution in [0, 0.1) is 0 Å². The van der Waals surface area contributed by atoms with Crippen LogP contribution in [0.4, 0.5) is 0 Å². The van der Waals surface area contributed by atoms with Crippen molar-refractivity contribution in [3.05, 3.63) is 23.8 Å². The van der Waals surface area contributed by atoms with Crippen molar-refractivity contribution in [3.8, 4) is 11.5 Å². The highest BCUT2D eigenvalue weighted by Crippen LogP contribution is 2.30. The van der Waals surface area contributed by atoms with Gasteiger partial charge in [-0.05, 0) is 37.1 Å². The van der Waals surface area contributed by atoms with E-state index in [4.69, 9.17) is 14.2 Å². The van der Waals surface area contributed by atoms with Crippen molar-refractivity contribution in [1.82, 2.24) is 5.32 Å². The minimum atomic E-state index is 0.735. The van der Waals surface area contributed by atoms with Crippen LogP contribution in [0.25, 0.3) is 0 Å². The topological polar surface area (TPSA) is 39.7 Å². The van der Waals surface area contributed by atoms with E-state index in [-0.39, 0.29) is 0 Å². The summed E-state index contributed by atoms with van der Waals surface area (Å²) in [5.74, 6) is 1.73. The third-order valence-electron chi connectivity index (χ3n) is 3.13. The van der Waals surface area contributed by atoms with Crippen molar-refractivity contribution in [1.29, 1.82) is 0 Å². The molecule has 1 heterocycles. The van der Waals surface area contributed by atoms with Crippen molar-refractivity contribution in [2.45, 2.75) is 32.7 Å². The fourth-order valence-corrected chi connectivity index (χ4v) is 2.10. The van der Waals surface area contributed by atoms with E-state index in [1.54, 1.807) is 0 Å². The van der Waals surface area contributed by atoms with Crippen LogP contribution in [0.15, 0.2) is 18.2 Å². The van der Waals surface area contributed by atoms with Gasteiger partial charge in [-0.3, -0.25) is 0 Å². The van der Waals surface area contributed by atoms with Crippen LogP contribution in [0.3, 0.4) is 0 Å². The fraction of sp³-hybridized carbons (Fsp3) is 0.625. The normalized spacial score (nSPS) is 14.1. The van der Waals surface area contributed by atoms with Crippen LogP contribution in [0.2, 0.25) is 0 Å². The van der Waals surface area contributed by atoms with Gasteiger partial charge in [0.05, 0.1) is 13.2 Å². The number of nitrogens with one attached hydrogen (secondary N) is 1. The molecule has 0 radical (unpaired) electrons. The lowest BCUT2D eigenvalue weighted by atomic mass is 10.2. The van der Waals surface area contributed by atoms with Crippen molar-refractivity contribution in [3.63, 3.8) is 0 Å². The Morgan fingerprint density at radius 3 is 2.85 bits per heavy atom. The summed E-state index contributed by atoms with van der Waals surface area (Å²) in [5, 5.41) is 3.42. The Balaban J connectivity index is 1.69. The highest BCUT2D eigenvalue weighted by atomic mass is 16.5. The van der Waals surface area contributed by atoms with Crippen molar-refractivity contribution in [2.75, 3.05) is 33.0 Å². The van der Waals surface area contributed by atoms with E-state index in [0.29, 0.717) is 0 Å². The molecule has 1 aliphatic rings. The summed E-state index contributed by atoms with van der Waals surface area (Å²) in [4.78, 5) is 0. The molecule has 0 aliphatic carbocycles. The summed E-state index contributed by atoms with van der Waals surface area (Å²) >= 11 is 0. The second-order valence-electron chi connectivity index (χ2n) is 4.97. The standard InChI is InChI=1S/C16H25NO3/c1-2-8-18-9-3-7-17-13-14-5-6-15-16(12-14)20-11-4-10-19-15/h5-6,12,17H,2-4,7-11,13H2,1H3. The third kappa shape index (κ3) is 5.02. The number of benzene rings is 1. The molecule has 1 aliphatic heterocycles. The number of hydrogen-bond donors (Lipinski definition) is 1. The monoisotopic (exact) mass is 279 g/mol. The zero-order chi connectivity index (χ0) is 14.0. The van der Waals surface area contributed by atoms with Gasteiger partial charge in [-0.2, -0.15) is 0 Å². The predicted octanol–water partition coefficient (Wildman–Crippen LogP) is 2.75. The molecule has 0 unspecified atom stereocenters. The maximum Gasteiger partial charge on any atom is 0.161 e. The third-order valence-corrected chi connectivity index (χ3v) is 3.13. The molecule has 1 aromatic rings. The summed E-state index contributed by atoms with van der Waals surface area (Å²) in [6.45, 7) is 7.12. The van der Waals surface area contributed by atoms with Gasteiger partial charge in [0.1, 0.15) is 0 Å². The molecule has 20 heavy (non-hydrogen) atoms. The largest absolute Gasteiger partial charge is 0.490 e. The van der Waals surface area contributed by atoms with E-state index in [1.165, 1.54) is 5.56 Å². The molecule has 0 saturated carbocycles. The lowest BCUT2D eigenvalue weighted by Gasteiger charge is -2.10. The minimum Gasteiger partial charge on any atom is -0.490 e. The molecule has 0 saturated heterocycles. The van der Waals surface area contributed by atoms with E-state index >= 15 is 0 Å². The number of ether oxygens (including phenoxy) is 3. The van der Waals surface area contributed by atoms with Gasteiger partial charge < -0.3 is 19.5 Å². The summed E-state index contributed by atoms with van der Waals surface area (Å²) in [6.07, 6.45) is 3.08. The van der Waals surface area contributed by atoms with Crippen molar-refractivity contribution in [2.24, 2.45) is 0 Å². The van der Waals surface area contributed by atoms with E-state index in [9.17, 15) is 0 Å². The van der Waals surface area contributed by atoms with Gasteiger partial charge in [0.2, 0.25) is 0 Å². The van der Waals surface area contributed by atoms with Crippen LogP contribution in [0.5, 0.6) is 11.5 Å². The molecule has 0 amide bonds. The first-order valence-corrected chi connectivity index (χ1v) is 7.57. The summed E-state index contributed by atoms with van der Waals surface area (Å²) < 4.78 is 16.8. The van der Waals surface area contributed by atoms with Crippen LogP contribution in [0.1, 0.15) is 31.7 Å². The molecule has 2 rings (SSSR count). The first-order chi connectivity index (χ1) is 9.90. The smallest absolute Gasteiger partial charge is 0.161 e. The molecule has 0 fully saturated rings. The zero-order valence-corrected chi connectivity index (χ0v) is 12.3. The second kappa shape index (κ2) is 8.82. The summed E-state index contributed by atoms with van der Waals surface area (Å²) in [6, 6.07) is 6.16. The van der Waals surface area contributed by atoms with Gasteiger partial charge in [-0.25, -0.2) is 0 Å². The first-order valence-electron chi connectivity index (χ1n) is 7.57. The number of fused-ring (bicyclic) bond motifs is 1. The molecule has 0 bridgehead atoms. The Morgan fingerprint density at radius 2 is 2.00 bits per heavy atom. The number of rotatable bonds is 8. The van der Waals surface area contributed by atoms with E-state index in [0.717, 1.165) is 70.3 Å². The Bertz CT molecular complexity index is 395. The average molecular weight is 279 g/mol. The Morgan fingerprint density at radius 1 is 1.15 bits per heavy atom. The molecule has 0 aromatic heterocycles.